The van der Waals surface area contributed by atoms with Gasteiger partial charge in [0.25, 0.3) is 5.56 Å². The summed E-state index contributed by atoms with van der Waals surface area (Å²) in [5.74, 6) is -1.04. The molecule has 0 amide bonds. The van der Waals surface area contributed by atoms with Gasteiger partial charge in [0.1, 0.15) is 29.6 Å². The molecule has 2 fully saturated rings. The molecular weight excluding hydrogens is 549 g/mol. The van der Waals surface area contributed by atoms with Gasteiger partial charge in [-0.1, -0.05) is 18.2 Å². The number of aromatic nitrogens is 2. The van der Waals surface area contributed by atoms with Gasteiger partial charge in [-0.3, -0.25) is 19.1 Å². The number of nitrogens with one attached hydrogen (secondary N) is 2. The minimum Gasteiger partial charge on any atom is -0.462 e. The number of esters is 1. The lowest BCUT2D eigenvalue weighted by Gasteiger charge is -2.30. The molecule has 2 aliphatic heterocycles. The Balaban J connectivity index is 1.59. The Kier molecular flexibility index (Phi) is 8.53. The second-order valence-corrected chi connectivity index (χ2v) is 13.4. The molecule has 0 spiro atoms. The van der Waals surface area contributed by atoms with Gasteiger partial charge >= 0.3 is 18.3 Å². The van der Waals surface area contributed by atoms with Crippen LogP contribution in [0.25, 0.3) is 0 Å². The smallest absolute Gasteiger partial charge is 0.330 e. The highest BCUT2D eigenvalue weighted by Crippen LogP contribution is 2.52. The van der Waals surface area contributed by atoms with Crippen molar-refractivity contribution in [1.82, 2.24) is 14.6 Å². The van der Waals surface area contributed by atoms with E-state index in [1.807, 2.05) is 6.07 Å². The van der Waals surface area contributed by atoms with Gasteiger partial charge in [0, 0.05) is 12.3 Å². The number of para-hydroxylation sites is 1. The maximum atomic E-state index is 12.6. The molecule has 214 valence electrons. The van der Waals surface area contributed by atoms with Gasteiger partial charge in [-0.15, -0.1) is 0 Å². The molecule has 0 saturated carbocycles. The Morgan fingerprint density at radius 3 is 2.51 bits per heavy atom. The summed E-state index contributed by atoms with van der Waals surface area (Å²) in [6.45, 7) is 6.93. The molecule has 2 N–H and O–H groups in total. The van der Waals surface area contributed by atoms with Crippen molar-refractivity contribution in [1.29, 1.82) is 0 Å². The largest absolute Gasteiger partial charge is 0.462 e. The van der Waals surface area contributed by atoms with Crippen molar-refractivity contribution in [2.45, 2.75) is 83.5 Å². The topological polar surface area (TPSA) is 139 Å². The standard InChI is InChI=1S/C25H34N3O9PS/c1-15(2)33-21(30)16(3)27-38(39,36-17-10-8-7-9-11-17)32-14-18-20-25(6,37-24(4,5)35-20)22(34-18)28-13-12-19(29)26-23(28)31/h7-13,15-16,18,20,22H,14H2,1-6H3,(H,27,39)(H,26,29,31)/t16-,18+,20+,22+,25+,38-/m0/s1. The van der Waals surface area contributed by atoms with E-state index in [2.05, 4.69) is 10.1 Å². The van der Waals surface area contributed by atoms with Crippen LogP contribution in [-0.4, -0.2) is 57.9 Å². The van der Waals surface area contributed by atoms with E-state index >= 15 is 0 Å². The predicted octanol–water partition coefficient (Wildman–Crippen LogP) is 2.59. The monoisotopic (exact) mass is 583 g/mol. The van der Waals surface area contributed by atoms with Crippen molar-refractivity contribution < 1.29 is 32.8 Å². The average Bonchev–Trinajstić information content (AvgIpc) is 3.23. The third-order valence-electron chi connectivity index (χ3n) is 6.11. The number of H-pyrrole nitrogens is 1. The minimum atomic E-state index is -3.36. The van der Waals surface area contributed by atoms with Crippen molar-refractivity contribution in [3.8, 4) is 5.75 Å². The number of nitrogens with zero attached hydrogens (tertiary/aromatic N) is 1. The maximum Gasteiger partial charge on any atom is 0.330 e. The second kappa shape index (κ2) is 11.2. The molecule has 0 aliphatic carbocycles. The van der Waals surface area contributed by atoms with Crippen LogP contribution in [0.2, 0.25) is 0 Å². The van der Waals surface area contributed by atoms with Gasteiger partial charge in [-0.25, -0.2) is 9.88 Å². The quantitative estimate of drug-likeness (QED) is 0.315. The predicted molar refractivity (Wildman–Crippen MR) is 145 cm³/mol. The minimum absolute atomic E-state index is 0.114. The van der Waals surface area contributed by atoms with Crippen molar-refractivity contribution >= 4 is 24.4 Å². The van der Waals surface area contributed by atoms with E-state index in [9.17, 15) is 14.4 Å². The van der Waals surface area contributed by atoms with Gasteiger partial charge in [0.15, 0.2) is 12.0 Å². The summed E-state index contributed by atoms with van der Waals surface area (Å²) in [6.07, 6.45) is -1.32. The first-order valence-corrected chi connectivity index (χ1v) is 15.2. The van der Waals surface area contributed by atoms with Crippen LogP contribution in [-0.2, 0) is 40.1 Å². The molecule has 12 nitrogen and oxygen atoms in total. The number of hydrogen-bond acceptors (Lipinski definition) is 10. The summed E-state index contributed by atoms with van der Waals surface area (Å²) in [5.41, 5.74) is -2.29. The first-order valence-electron chi connectivity index (χ1n) is 12.5. The fourth-order valence-electron chi connectivity index (χ4n) is 4.63. The molecule has 0 radical (unpaired) electrons. The van der Waals surface area contributed by atoms with Crippen LogP contribution in [0.3, 0.4) is 0 Å². The van der Waals surface area contributed by atoms with Crippen LogP contribution in [0, 0.1) is 0 Å². The SMILES string of the molecule is CC(C)OC(=O)[C@H](C)N[P@](=S)(OC[C@H]1O[C@@H](n2ccc(=O)[nH]c2=O)[C@]2(C)OC(C)(C)O[C@H]12)Oc1ccccc1. The number of benzene rings is 1. The number of carbonyl (C=O) groups is 1. The van der Waals surface area contributed by atoms with E-state index in [4.69, 9.17) is 39.8 Å². The summed E-state index contributed by atoms with van der Waals surface area (Å²) < 4.78 is 37.4. The molecule has 1 aromatic heterocycles. The molecule has 2 saturated heterocycles. The Morgan fingerprint density at radius 1 is 1.18 bits per heavy atom. The molecule has 39 heavy (non-hydrogen) atoms. The third kappa shape index (κ3) is 6.68. The third-order valence-corrected chi connectivity index (χ3v) is 8.61. The number of hydrogen-bond donors (Lipinski definition) is 2. The van der Waals surface area contributed by atoms with Gasteiger partial charge in [0.2, 0.25) is 0 Å². The highest BCUT2D eigenvalue weighted by molar-refractivity contribution is 8.09. The zero-order chi connectivity index (χ0) is 28.6. The summed E-state index contributed by atoms with van der Waals surface area (Å²) in [4.78, 5) is 39.0. The number of fused-ring (bicyclic) bond motifs is 1. The molecule has 2 aliphatic rings. The highest BCUT2D eigenvalue weighted by Gasteiger charge is 2.64. The van der Waals surface area contributed by atoms with Crippen molar-refractivity contribution in [2.24, 2.45) is 0 Å². The molecule has 0 bridgehead atoms. The fraction of sp³-hybridized carbons (Fsp3) is 0.560. The lowest BCUT2D eigenvalue weighted by atomic mass is 9.96. The van der Waals surface area contributed by atoms with Crippen LogP contribution in [0.1, 0.15) is 47.8 Å². The van der Waals surface area contributed by atoms with Crippen molar-refractivity contribution in [3.05, 3.63) is 63.4 Å². The van der Waals surface area contributed by atoms with E-state index in [0.29, 0.717) is 5.75 Å². The molecule has 0 unspecified atom stereocenters. The van der Waals surface area contributed by atoms with E-state index in [1.165, 1.54) is 16.8 Å². The van der Waals surface area contributed by atoms with E-state index in [0.717, 1.165) is 0 Å². The van der Waals surface area contributed by atoms with Crippen LogP contribution >= 0.6 is 6.64 Å². The fourth-order valence-corrected chi connectivity index (χ4v) is 7.05. The first-order chi connectivity index (χ1) is 18.2. The number of rotatable bonds is 10. The molecule has 4 rings (SSSR count). The Hall–Kier alpha value is -2.38. The Bertz CT molecular complexity index is 1350. The van der Waals surface area contributed by atoms with E-state index < -0.39 is 59.7 Å². The Morgan fingerprint density at radius 2 is 1.87 bits per heavy atom. The Labute approximate surface area is 231 Å². The van der Waals surface area contributed by atoms with Gasteiger partial charge in [0.05, 0.1) is 12.7 Å². The lowest BCUT2D eigenvalue weighted by molar-refractivity contribution is -0.217. The number of ether oxygens (including phenoxy) is 4. The van der Waals surface area contributed by atoms with Crippen LogP contribution in [0.5, 0.6) is 5.75 Å². The molecule has 2 aromatic rings. The van der Waals surface area contributed by atoms with Crippen molar-refractivity contribution in [2.75, 3.05) is 6.61 Å². The van der Waals surface area contributed by atoms with Crippen molar-refractivity contribution in [3.63, 3.8) is 0 Å². The van der Waals surface area contributed by atoms with Crippen LogP contribution in [0.4, 0.5) is 0 Å². The molecule has 14 heteroatoms. The van der Waals surface area contributed by atoms with E-state index in [1.54, 1.807) is 65.8 Å². The summed E-state index contributed by atoms with van der Waals surface area (Å²) >= 11 is 5.80. The van der Waals surface area contributed by atoms with Gasteiger partial charge in [-0.2, -0.15) is 0 Å². The van der Waals surface area contributed by atoms with Gasteiger partial charge < -0.3 is 28.0 Å². The summed E-state index contributed by atoms with van der Waals surface area (Å²) in [6, 6.07) is 9.25. The average molecular weight is 584 g/mol. The molecular formula is C25H34N3O9PS. The molecule has 6 atom stereocenters. The number of aromatic amines is 1. The molecule has 3 heterocycles. The lowest BCUT2D eigenvalue weighted by Crippen LogP contribution is -2.45. The highest BCUT2D eigenvalue weighted by atomic mass is 32.5. The zero-order valence-corrected chi connectivity index (χ0v) is 24.3. The van der Waals surface area contributed by atoms with Crippen LogP contribution < -0.4 is 20.9 Å². The normalized spacial score (nSPS) is 28.0. The molecule has 1 aromatic carbocycles. The van der Waals surface area contributed by atoms with Crippen LogP contribution in [0.15, 0.2) is 52.2 Å². The number of carbonyl (C=O) groups excluding carboxylic acids is 1. The summed E-state index contributed by atoms with van der Waals surface area (Å²) in [5, 5.41) is 3.00. The maximum absolute atomic E-state index is 12.6. The zero-order valence-electron chi connectivity index (χ0n) is 22.6. The second-order valence-electron chi connectivity index (χ2n) is 10.3. The van der Waals surface area contributed by atoms with E-state index in [-0.39, 0.29) is 12.7 Å². The summed E-state index contributed by atoms with van der Waals surface area (Å²) in [7, 11) is 0. The first kappa shape index (κ1) is 29.6. The van der Waals surface area contributed by atoms with Gasteiger partial charge in [-0.05, 0) is 65.5 Å².